The van der Waals surface area contributed by atoms with Gasteiger partial charge in [-0.15, -0.1) is 0 Å². The number of ether oxygens (including phenoxy) is 2. The van der Waals surface area contributed by atoms with Crippen LogP contribution in [0.3, 0.4) is 0 Å². The van der Waals surface area contributed by atoms with Crippen molar-refractivity contribution in [3.8, 4) is 5.75 Å². The summed E-state index contributed by atoms with van der Waals surface area (Å²) in [4.78, 5) is 23.8. The van der Waals surface area contributed by atoms with Crippen LogP contribution in [0.2, 0.25) is 0 Å². The summed E-state index contributed by atoms with van der Waals surface area (Å²) in [5.74, 6) is 2.04. The van der Waals surface area contributed by atoms with Crippen LogP contribution >= 0.6 is 0 Å². The largest absolute Gasteiger partial charge is 0.497 e. The van der Waals surface area contributed by atoms with Crippen LogP contribution in [0.25, 0.3) is 0 Å². The highest BCUT2D eigenvalue weighted by atomic mass is 16.5. The third kappa shape index (κ3) is 4.03. The molecule has 3 rings (SSSR count). The molecule has 0 saturated heterocycles. The fraction of sp³-hybridized carbons (Fsp3) is 0.556. The van der Waals surface area contributed by atoms with Crippen LogP contribution < -0.4 is 10.1 Å². The minimum atomic E-state index is -0.334. The van der Waals surface area contributed by atoms with Gasteiger partial charge in [0.15, 0.2) is 6.61 Å². The van der Waals surface area contributed by atoms with Gasteiger partial charge in [0.25, 0.3) is 5.91 Å². The number of nitrogens with one attached hydrogen (secondary N) is 1. The second-order valence-corrected chi connectivity index (χ2v) is 6.58. The fourth-order valence-corrected chi connectivity index (χ4v) is 3.94. The second kappa shape index (κ2) is 7.02. The van der Waals surface area contributed by atoms with Crippen LogP contribution in [0.1, 0.15) is 32.1 Å². The van der Waals surface area contributed by atoms with E-state index in [2.05, 4.69) is 5.32 Å². The molecule has 5 nitrogen and oxygen atoms in total. The molecule has 1 N–H and O–H groups in total. The Morgan fingerprint density at radius 2 is 2.13 bits per heavy atom. The molecule has 2 bridgehead atoms. The number of benzene rings is 1. The Bertz CT molecular complexity index is 586. The third-order valence-electron chi connectivity index (χ3n) is 5.03. The fourth-order valence-electron chi connectivity index (χ4n) is 3.94. The molecule has 0 unspecified atom stereocenters. The van der Waals surface area contributed by atoms with E-state index in [1.54, 1.807) is 31.4 Å². The van der Waals surface area contributed by atoms with E-state index < -0.39 is 0 Å². The van der Waals surface area contributed by atoms with Gasteiger partial charge in [-0.25, -0.2) is 0 Å². The van der Waals surface area contributed by atoms with Crippen LogP contribution in [0.4, 0.5) is 5.69 Å². The summed E-state index contributed by atoms with van der Waals surface area (Å²) in [6.45, 7) is -0.239. The SMILES string of the molecule is COc1cccc(NC(=O)COC(=O)C[C@@H]2C[C@H]3CC[C@H]2C3)c1. The predicted molar refractivity (Wildman–Crippen MR) is 86.1 cm³/mol. The average Bonchev–Trinajstić information content (AvgIpc) is 3.16. The maximum Gasteiger partial charge on any atom is 0.306 e. The maximum absolute atomic E-state index is 11.9. The Balaban J connectivity index is 1.40. The lowest BCUT2D eigenvalue weighted by atomic mass is 9.86. The molecule has 3 atom stereocenters. The zero-order valence-corrected chi connectivity index (χ0v) is 13.4. The van der Waals surface area contributed by atoms with Crippen LogP contribution in [0.5, 0.6) is 5.75 Å². The lowest BCUT2D eigenvalue weighted by Gasteiger charge is -2.20. The number of hydrogen-bond acceptors (Lipinski definition) is 4. The highest BCUT2D eigenvalue weighted by molar-refractivity contribution is 5.92. The standard InChI is InChI=1S/C18H23NO4/c1-22-16-4-2-3-15(10-16)19-17(20)11-23-18(21)9-14-8-12-5-6-13(14)7-12/h2-4,10,12-14H,5-9,11H2,1H3,(H,19,20)/t12-,13-,14-/m0/s1. The number of hydrogen-bond donors (Lipinski definition) is 1. The zero-order valence-electron chi connectivity index (χ0n) is 13.4. The molecule has 0 heterocycles. The average molecular weight is 317 g/mol. The third-order valence-corrected chi connectivity index (χ3v) is 5.03. The number of esters is 1. The van der Waals surface area contributed by atoms with E-state index in [9.17, 15) is 9.59 Å². The van der Waals surface area contributed by atoms with Crippen LogP contribution in [-0.2, 0) is 14.3 Å². The lowest BCUT2D eigenvalue weighted by molar-refractivity contribution is -0.148. The van der Waals surface area contributed by atoms with Crippen LogP contribution in [-0.4, -0.2) is 25.6 Å². The van der Waals surface area contributed by atoms with Gasteiger partial charge < -0.3 is 14.8 Å². The lowest BCUT2D eigenvalue weighted by Crippen LogP contribution is -2.23. The number of methoxy groups -OCH3 is 1. The maximum atomic E-state index is 11.9. The normalized spacial score (nSPS) is 25.2. The van der Waals surface area contributed by atoms with Gasteiger partial charge in [0, 0.05) is 18.2 Å². The van der Waals surface area contributed by atoms with Crippen molar-refractivity contribution in [2.45, 2.75) is 32.1 Å². The van der Waals surface area contributed by atoms with Crippen molar-refractivity contribution in [1.29, 1.82) is 0 Å². The molecule has 0 aromatic heterocycles. The predicted octanol–water partition coefficient (Wildman–Crippen LogP) is 3.00. The minimum absolute atomic E-state index is 0.239. The summed E-state index contributed by atoms with van der Waals surface area (Å²) >= 11 is 0. The summed E-state index contributed by atoms with van der Waals surface area (Å²) in [5, 5.41) is 2.70. The Labute approximate surface area is 136 Å². The molecule has 5 heteroatoms. The number of fused-ring (bicyclic) bond motifs is 2. The van der Waals surface area contributed by atoms with E-state index >= 15 is 0 Å². The van der Waals surface area contributed by atoms with Crippen molar-refractivity contribution in [3.05, 3.63) is 24.3 Å². The van der Waals surface area contributed by atoms with E-state index in [0.717, 1.165) is 12.3 Å². The molecule has 0 spiro atoms. The molecule has 0 radical (unpaired) electrons. The molecular weight excluding hydrogens is 294 g/mol. The molecule has 1 aromatic rings. The highest BCUT2D eigenvalue weighted by Gasteiger charge is 2.40. The van der Waals surface area contributed by atoms with Gasteiger partial charge in [-0.3, -0.25) is 9.59 Å². The first-order valence-corrected chi connectivity index (χ1v) is 8.23. The Morgan fingerprint density at radius 1 is 1.26 bits per heavy atom. The minimum Gasteiger partial charge on any atom is -0.497 e. The number of carbonyl (C=O) groups is 2. The van der Waals surface area contributed by atoms with Crippen molar-refractivity contribution in [2.75, 3.05) is 19.0 Å². The Kier molecular flexibility index (Phi) is 4.84. The molecule has 1 amide bonds. The smallest absolute Gasteiger partial charge is 0.306 e. The van der Waals surface area contributed by atoms with Crippen molar-refractivity contribution in [3.63, 3.8) is 0 Å². The van der Waals surface area contributed by atoms with Gasteiger partial charge in [-0.2, -0.15) is 0 Å². The topological polar surface area (TPSA) is 64.6 Å². The molecule has 2 aliphatic carbocycles. The molecule has 2 fully saturated rings. The van der Waals surface area contributed by atoms with Gasteiger partial charge in [0.05, 0.1) is 7.11 Å². The number of anilines is 1. The van der Waals surface area contributed by atoms with Crippen molar-refractivity contribution < 1.29 is 19.1 Å². The number of carbonyl (C=O) groups excluding carboxylic acids is 2. The summed E-state index contributed by atoms with van der Waals surface area (Å²) in [5.41, 5.74) is 0.624. The summed E-state index contributed by atoms with van der Waals surface area (Å²) in [7, 11) is 1.57. The van der Waals surface area contributed by atoms with Crippen LogP contribution in [0, 0.1) is 17.8 Å². The quantitative estimate of drug-likeness (QED) is 0.819. The van der Waals surface area contributed by atoms with E-state index in [0.29, 0.717) is 29.7 Å². The Morgan fingerprint density at radius 3 is 2.83 bits per heavy atom. The summed E-state index contributed by atoms with van der Waals surface area (Å²) in [6, 6.07) is 7.06. The van der Waals surface area contributed by atoms with Gasteiger partial charge in [-0.05, 0) is 49.1 Å². The zero-order chi connectivity index (χ0) is 16.2. The molecular formula is C18H23NO4. The number of rotatable bonds is 6. The van der Waals surface area contributed by atoms with Gasteiger partial charge >= 0.3 is 5.97 Å². The van der Waals surface area contributed by atoms with Crippen molar-refractivity contribution in [2.24, 2.45) is 17.8 Å². The first kappa shape index (κ1) is 15.8. The summed E-state index contributed by atoms with van der Waals surface area (Å²) < 4.78 is 10.2. The van der Waals surface area contributed by atoms with Gasteiger partial charge in [0.1, 0.15) is 5.75 Å². The van der Waals surface area contributed by atoms with Crippen molar-refractivity contribution >= 4 is 17.6 Å². The molecule has 2 saturated carbocycles. The summed E-state index contributed by atoms with van der Waals surface area (Å²) in [6.07, 6.45) is 5.44. The van der Waals surface area contributed by atoms with Gasteiger partial charge in [-0.1, -0.05) is 12.5 Å². The molecule has 23 heavy (non-hydrogen) atoms. The van der Waals surface area contributed by atoms with Crippen molar-refractivity contribution in [1.82, 2.24) is 0 Å². The molecule has 124 valence electrons. The number of amides is 1. The molecule has 1 aromatic carbocycles. The molecule has 2 aliphatic rings. The van der Waals surface area contributed by atoms with Crippen LogP contribution in [0.15, 0.2) is 24.3 Å². The van der Waals surface area contributed by atoms with E-state index in [1.165, 1.54) is 19.3 Å². The second-order valence-electron chi connectivity index (χ2n) is 6.58. The highest BCUT2D eigenvalue weighted by Crippen LogP contribution is 2.49. The monoisotopic (exact) mass is 317 g/mol. The van der Waals surface area contributed by atoms with E-state index in [4.69, 9.17) is 9.47 Å². The first-order valence-electron chi connectivity index (χ1n) is 8.23. The Hall–Kier alpha value is -2.04. The van der Waals surface area contributed by atoms with E-state index in [-0.39, 0.29) is 18.5 Å². The van der Waals surface area contributed by atoms with E-state index in [1.807, 2.05) is 0 Å². The van der Waals surface area contributed by atoms with Gasteiger partial charge in [0.2, 0.25) is 0 Å². The first-order chi connectivity index (χ1) is 11.1. The molecule has 0 aliphatic heterocycles.